The normalized spacial score (nSPS) is 10.2. The van der Waals surface area contributed by atoms with E-state index in [1.54, 1.807) is 13.3 Å². The number of nitrogens with zero attached hydrogens (tertiary/aromatic N) is 2. The van der Waals surface area contributed by atoms with Gasteiger partial charge < -0.3 is 10.5 Å². The molecule has 2 N–H and O–H groups in total. The molecule has 0 unspecified atom stereocenters. The molecule has 4 heteroatoms. The summed E-state index contributed by atoms with van der Waals surface area (Å²) < 4.78 is 5.19. The molecule has 0 radical (unpaired) electrons. The second-order valence-electron chi connectivity index (χ2n) is 3.63. The summed E-state index contributed by atoms with van der Waals surface area (Å²) >= 11 is 0. The van der Waals surface area contributed by atoms with E-state index in [1.807, 2.05) is 30.3 Å². The lowest BCUT2D eigenvalue weighted by Gasteiger charge is -2.05. The highest BCUT2D eigenvalue weighted by atomic mass is 16.5. The summed E-state index contributed by atoms with van der Waals surface area (Å²) in [6, 6.07) is 9.69. The minimum Gasteiger partial charge on any atom is -0.497 e. The first-order chi connectivity index (χ1) is 8.33. The van der Waals surface area contributed by atoms with E-state index in [1.165, 1.54) is 0 Å². The Labute approximate surface area is 100 Å². The lowest BCUT2D eigenvalue weighted by atomic mass is 10.1. The van der Waals surface area contributed by atoms with Gasteiger partial charge in [-0.2, -0.15) is 0 Å². The number of methoxy groups -OCH3 is 1. The van der Waals surface area contributed by atoms with Crippen LogP contribution in [0.4, 0.5) is 0 Å². The Morgan fingerprint density at radius 3 is 2.94 bits per heavy atom. The van der Waals surface area contributed by atoms with Crippen LogP contribution >= 0.6 is 0 Å². The predicted octanol–water partition coefficient (Wildman–Crippen LogP) is 1.65. The first-order valence-electron chi connectivity index (χ1n) is 5.50. The summed E-state index contributed by atoms with van der Waals surface area (Å²) in [6.45, 7) is 0.557. The Morgan fingerprint density at radius 2 is 2.18 bits per heavy atom. The fourth-order valence-electron chi connectivity index (χ4n) is 1.59. The molecule has 0 saturated heterocycles. The number of aromatic nitrogens is 2. The highest BCUT2D eigenvalue weighted by molar-refractivity contribution is 5.60. The largest absolute Gasteiger partial charge is 0.497 e. The van der Waals surface area contributed by atoms with Crippen LogP contribution in [0.5, 0.6) is 5.75 Å². The minimum atomic E-state index is 0.557. The van der Waals surface area contributed by atoms with Crippen LogP contribution in [-0.2, 0) is 6.42 Å². The average Bonchev–Trinajstić information content (AvgIpc) is 2.40. The Morgan fingerprint density at radius 1 is 1.29 bits per heavy atom. The van der Waals surface area contributed by atoms with Crippen LogP contribution in [0.15, 0.2) is 36.5 Å². The van der Waals surface area contributed by atoms with Gasteiger partial charge in [0.1, 0.15) is 11.6 Å². The van der Waals surface area contributed by atoms with Crippen LogP contribution in [0.3, 0.4) is 0 Å². The van der Waals surface area contributed by atoms with E-state index in [2.05, 4.69) is 9.97 Å². The number of hydrogen-bond acceptors (Lipinski definition) is 4. The molecule has 88 valence electrons. The van der Waals surface area contributed by atoms with Gasteiger partial charge in [-0.25, -0.2) is 9.97 Å². The van der Waals surface area contributed by atoms with Crippen LogP contribution in [0.1, 0.15) is 5.82 Å². The van der Waals surface area contributed by atoms with Crippen molar-refractivity contribution in [1.29, 1.82) is 0 Å². The first-order valence-corrected chi connectivity index (χ1v) is 5.50. The zero-order chi connectivity index (χ0) is 12.1. The van der Waals surface area contributed by atoms with Crippen molar-refractivity contribution in [3.05, 3.63) is 42.4 Å². The van der Waals surface area contributed by atoms with E-state index in [0.717, 1.165) is 22.8 Å². The molecule has 0 aliphatic heterocycles. The van der Waals surface area contributed by atoms with Crippen molar-refractivity contribution in [3.63, 3.8) is 0 Å². The predicted molar refractivity (Wildman–Crippen MR) is 66.8 cm³/mol. The van der Waals surface area contributed by atoms with E-state index in [9.17, 15) is 0 Å². The molecule has 0 atom stereocenters. The number of nitrogens with two attached hydrogens (primary N) is 1. The molecule has 0 aliphatic carbocycles. The Kier molecular flexibility index (Phi) is 3.67. The van der Waals surface area contributed by atoms with E-state index >= 15 is 0 Å². The number of rotatable bonds is 4. The van der Waals surface area contributed by atoms with Crippen molar-refractivity contribution in [3.8, 4) is 17.0 Å². The van der Waals surface area contributed by atoms with Gasteiger partial charge in [-0.3, -0.25) is 0 Å². The zero-order valence-electron chi connectivity index (χ0n) is 9.76. The third kappa shape index (κ3) is 2.79. The molecule has 1 aromatic heterocycles. The van der Waals surface area contributed by atoms with Gasteiger partial charge in [-0.15, -0.1) is 0 Å². The maximum Gasteiger partial charge on any atom is 0.130 e. The summed E-state index contributed by atoms with van der Waals surface area (Å²) in [5.74, 6) is 1.59. The third-order valence-electron chi connectivity index (χ3n) is 2.44. The second kappa shape index (κ2) is 5.41. The van der Waals surface area contributed by atoms with E-state index < -0.39 is 0 Å². The van der Waals surface area contributed by atoms with Gasteiger partial charge in [0.2, 0.25) is 0 Å². The minimum absolute atomic E-state index is 0.557. The summed E-state index contributed by atoms with van der Waals surface area (Å²) in [6.07, 6.45) is 2.45. The van der Waals surface area contributed by atoms with Crippen molar-refractivity contribution in [1.82, 2.24) is 9.97 Å². The van der Waals surface area contributed by atoms with Crippen molar-refractivity contribution >= 4 is 0 Å². The molecule has 0 fully saturated rings. The molecule has 0 spiro atoms. The van der Waals surface area contributed by atoms with Crippen molar-refractivity contribution in [2.75, 3.05) is 13.7 Å². The molecular weight excluding hydrogens is 214 g/mol. The summed E-state index contributed by atoms with van der Waals surface area (Å²) in [4.78, 5) is 8.64. The fraction of sp³-hybridized carbons (Fsp3) is 0.231. The molecule has 0 bridgehead atoms. The average molecular weight is 229 g/mol. The monoisotopic (exact) mass is 229 g/mol. The maximum atomic E-state index is 5.49. The third-order valence-corrected chi connectivity index (χ3v) is 2.44. The lowest BCUT2D eigenvalue weighted by Crippen LogP contribution is -2.06. The number of benzene rings is 1. The highest BCUT2D eigenvalue weighted by Gasteiger charge is 2.02. The van der Waals surface area contributed by atoms with Crippen molar-refractivity contribution in [2.45, 2.75) is 6.42 Å². The zero-order valence-corrected chi connectivity index (χ0v) is 9.76. The lowest BCUT2D eigenvalue weighted by molar-refractivity contribution is 0.415. The van der Waals surface area contributed by atoms with E-state index in [-0.39, 0.29) is 0 Å². The first kappa shape index (κ1) is 11.5. The smallest absolute Gasteiger partial charge is 0.130 e. The number of hydrogen-bond donors (Lipinski definition) is 1. The number of ether oxygens (including phenoxy) is 1. The molecule has 4 nitrogen and oxygen atoms in total. The van der Waals surface area contributed by atoms with Crippen LogP contribution in [-0.4, -0.2) is 23.6 Å². The van der Waals surface area contributed by atoms with Gasteiger partial charge in [0.05, 0.1) is 12.8 Å². The second-order valence-corrected chi connectivity index (χ2v) is 3.63. The van der Waals surface area contributed by atoms with E-state index in [0.29, 0.717) is 13.0 Å². The standard InChI is InChI=1S/C13H15N3O/c1-17-11-4-2-3-10(9-11)12-6-8-15-13(16-12)5-7-14/h2-4,6,8-9H,5,7,14H2,1H3. The molecule has 1 aromatic carbocycles. The molecular formula is C13H15N3O. The summed E-state index contributed by atoms with van der Waals surface area (Å²) in [5.41, 5.74) is 7.40. The summed E-state index contributed by atoms with van der Waals surface area (Å²) in [5, 5.41) is 0. The van der Waals surface area contributed by atoms with Crippen LogP contribution in [0, 0.1) is 0 Å². The van der Waals surface area contributed by atoms with Crippen LogP contribution in [0.2, 0.25) is 0 Å². The molecule has 2 aromatic rings. The highest BCUT2D eigenvalue weighted by Crippen LogP contribution is 2.21. The van der Waals surface area contributed by atoms with Gasteiger partial charge in [-0.05, 0) is 24.7 Å². The maximum absolute atomic E-state index is 5.49. The molecule has 1 heterocycles. The molecule has 17 heavy (non-hydrogen) atoms. The van der Waals surface area contributed by atoms with Gasteiger partial charge in [0.25, 0.3) is 0 Å². The molecule has 2 rings (SSSR count). The van der Waals surface area contributed by atoms with Gasteiger partial charge in [-0.1, -0.05) is 12.1 Å². The topological polar surface area (TPSA) is 61.0 Å². The van der Waals surface area contributed by atoms with Gasteiger partial charge in [0, 0.05) is 18.2 Å². The molecule has 0 saturated carbocycles. The fourth-order valence-corrected chi connectivity index (χ4v) is 1.59. The quantitative estimate of drug-likeness (QED) is 0.866. The Hall–Kier alpha value is -1.94. The molecule has 0 aliphatic rings. The van der Waals surface area contributed by atoms with Gasteiger partial charge >= 0.3 is 0 Å². The Balaban J connectivity index is 2.34. The van der Waals surface area contributed by atoms with E-state index in [4.69, 9.17) is 10.5 Å². The van der Waals surface area contributed by atoms with Crippen molar-refractivity contribution < 1.29 is 4.74 Å². The molecule has 0 amide bonds. The Bertz CT molecular complexity index is 500. The summed E-state index contributed by atoms with van der Waals surface area (Å²) in [7, 11) is 1.65. The van der Waals surface area contributed by atoms with Gasteiger partial charge in [0.15, 0.2) is 0 Å². The van der Waals surface area contributed by atoms with Crippen LogP contribution < -0.4 is 10.5 Å². The van der Waals surface area contributed by atoms with Crippen molar-refractivity contribution in [2.24, 2.45) is 5.73 Å². The van der Waals surface area contributed by atoms with Crippen LogP contribution in [0.25, 0.3) is 11.3 Å². The SMILES string of the molecule is COc1cccc(-c2ccnc(CCN)n2)c1.